The van der Waals surface area contributed by atoms with E-state index in [4.69, 9.17) is 9.47 Å². The van der Waals surface area contributed by atoms with Gasteiger partial charge in [0.2, 0.25) is 0 Å². The van der Waals surface area contributed by atoms with Gasteiger partial charge in [-0.2, -0.15) is 0 Å². The molecule has 0 amide bonds. The number of carbonyl (C=O) groups is 2. The van der Waals surface area contributed by atoms with Crippen LogP contribution in [-0.4, -0.2) is 35.4 Å². The van der Waals surface area contributed by atoms with Crippen LogP contribution >= 0.6 is 0 Å². The van der Waals surface area contributed by atoms with Crippen molar-refractivity contribution in [2.75, 3.05) is 0 Å². The predicted octanol–water partition coefficient (Wildman–Crippen LogP) is 4.20. The molecule has 0 aromatic rings. The minimum atomic E-state index is -0.597. The smallest absolute Gasteiger partial charge is 0.308 e. The van der Waals surface area contributed by atoms with Gasteiger partial charge in [-0.1, -0.05) is 45.9 Å². The summed E-state index contributed by atoms with van der Waals surface area (Å²) in [6, 6.07) is 0. The first-order chi connectivity index (χ1) is 13.8. The second-order valence-electron chi connectivity index (χ2n) is 9.36. The molecule has 1 aliphatic heterocycles. The molecule has 1 N–H and O–H groups in total. The fraction of sp³-hybridized carbons (Fsp3) is 0.750. The van der Waals surface area contributed by atoms with Gasteiger partial charge in [0, 0.05) is 12.3 Å². The summed E-state index contributed by atoms with van der Waals surface area (Å²) in [6.07, 6.45) is 9.70. The molecule has 29 heavy (non-hydrogen) atoms. The van der Waals surface area contributed by atoms with Gasteiger partial charge < -0.3 is 14.6 Å². The van der Waals surface area contributed by atoms with Gasteiger partial charge in [0.1, 0.15) is 12.2 Å². The zero-order chi connectivity index (χ0) is 21.1. The van der Waals surface area contributed by atoms with Gasteiger partial charge in [-0.15, -0.1) is 0 Å². The molecule has 1 fully saturated rings. The van der Waals surface area contributed by atoms with E-state index in [0.29, 0.717) is 24.2 Å². The van der Waals surface area contributed by atoms with E-state index in [9.17, 15) is 14.7 Å². The molecule has 0 radical (unpaired) electrons. The largest absolute Gasteiger partial charge is 0.462 e. The van der Waals surface area contributed by atoms with E-state index in [1.165, 1.54) is 5.57 Å². The van der Waals surface area contributed by atoms with Crippen LogP contribution < -0.4 is 0 Å². The van der Waals surface area contributed by atoms with Crippen molar-refractivity contribution in [3.05, 3.63) is 23.8 Å². The number of allylic oxidation sites excluding steroid dienone is 3. The third kappa shape index (κ3) is 5.30. The van der Waals surface area contributed by atoms with Gasteiger partial charge in [0.15, 0.2) is 0 Å². The number of aliphatic hydroxyl groups excluding tert-OH is 1. The molecular weight excluding hydrogens is 368 g/mol. The van der Waals surface area contributed by atoms with Gasteiger partial charge in [-0.3, -0.25) is 9.59 Å². The van der Waals surface area contributed by atoms with Crippen LogP contribution in [0.5, 0.6) is 0 Å². The first-order valence-corrected chi connectivity index (χ1v) is 11.3. The monoisotopic (exact) mass is 404 g/mol. The second-order valence-corrected chi connectivity index (χ2v) is 9.36. The van der Waals surface area contributed by atoms with E-state index in [1.807, 2.05) is 13.8 Å². The number of cyclic esters (lactones) is 1. The molecule has 0 saturated carbocycles. The molecule has 0 aromatic carbocycles. The second kappa shape index (κ2) is 9.46. The number of hydrogen-bond donors (Lipinski definition) is 1. The Hall–Kier alpha value is -1.62. The van der Waals surface area contributed by atoms with Crippen molar-refractivity contribution in [2.24, 2.45) is 29.6 Å². The topological polar surface area (TPSA) is 72.8 Å². The molecule has 0 bridgehead atoms. The average Bonchev–Trinajstić information content (AvgIpc) is 2.65. The zero-order valence-electron chi connectivity index (χ0n) is 18.2. The summed E-state index contributed by atoms with van der Waals surface area (Å²) in [6.45, 7) is 8.33. The summed E-state index contributed by atoms with van der Waals surface area (Å²) < 4.78 is 11.5. The van der Waals surface area contributed by atoms with Crippen molar-refractivity contribution in [3.8, 4) is 0 Å². The molecule has 0 aromatic heterocycles. The lowest BCUT2D eigenvalue weighted by atomic mass is 9.65. The SMILES string of the molecule is CCC(C)C(=O)O[C@H]1C[C@@H](C)C=C2C=C[C@H](C)[C@H](CC[C@@H]3C[C@@H](O)CC(=O)O3)[C@H]21. The number of hydrogen-bond acceptors (Lipinski definition) is 5. The Kier molecular flexibility index (Phi) is 7.20. The van der Waals surface area contributed by atoms with Crippen LogP contribution in [0, 0.1) is 29.6 Å². The number of ether oxygens (including phenoxy) is 2. The number of rotatable bonds is 6. The number of fused-ring (bicyclic) bond motifs is 1. The van der Waals surface area contributed by atoms with Gasteiger partial charge >= 0.3 is 11.9 Å². The summed E-state index contributed by atoms with van der Waals surface area (Å²) in [5, 5.41) is 9.89. The lowest BCUT2D eigenvalue weighted by Crippen LogP contribution is -2.42. The van der Waals surface area contributed by atoms with E-state index in [0.717, 1.165) is 25.7 Å². The third-order valence-corrected chi connectivity index (χ3v) is 6.93. The molecule has 1 heterocycles. The van der Waals surface area contributed by atoms with Crippen LogP contribution in [0.3, 0.4) is 0 Å². The van der Waals surface area contributed by atoms with Crippen LogP contribution in [0.1, 0.15) is 66.2 Å². The summed E-state index contributed by atoms with van der Waals surface area (Å²) in [4.78, 5) is 24.2. The first-order valence-electron chi connectivity index (χ1n) is 11.3. The molecule has 5 nitrogen and oxygen atoms in total. The normalized spacial score (nSPS) is 37.9. The number of carbonyl (C=O) groups excluding carboxylic acids is 2. The van der Waals surface area contributed by atoms with Crippen molar-refractivity contribution < 1.29 is 24.2 Å². The highest BCUT2D eigenvalue weighted by molar-refractivity contribution is 5.72. The van der Waals surface area contributed by atoms with Crippen LogP contribution in [0.25, 0.3) is 0 Å². The summed E-state index contributed by atoms with van der Waals surface area (Å²) in [5.74, 6) is 0.755. The van der Waals surface area contributed by atoms with Crippen molar-refractivity contribution in [1.82, 2.24) is 0 Å². The van der Waals surface area contributed by atoms with Gasteiger partial charge in [-0.05, 0) is 49.0 Å². The Morgan fingerprint density at radius 1 is 1.31 bits per heavy atom. The Morgan fingerprint density at radius 2 is 2.07 bits per heavy atom. The quantitative estimate of drug-likeness (QED) is 0.672. The van der Waals surface area contributed by atoms with Crippen molar-refractivity contribution in [1.29, 1.82) is 0 Å². The molecule has 3 aliphatic rings. The number of esters is 2. The Labute approximate surface area is 174 Å². The van der Waals surface area contributed by atoms with E-state index in [-0.39, 0.29) is 42.4 Å². The molecule has 1 unspecified atom stereocenters. The van der Waals surface area contributed by atoms with E-state index < -0.39 is 6.10 Å². The highest BCUT2D eigenvalue weighted by Crippen LogP contribution is 2.45. The maximum absolute atomic E-state index is 12.5. The average molecular weight is 405 g/mol. The number of aliphatic hydroxyl groups is 1. The fourth-order valence-corrected chi connectivity index (χ4v) is 5.07. The summed E-state index contributed by atoms with van der Waals surface area (Å²) in [7, 11) is 0. The summed E-state index contributed by atoms with van der Waals surface area (Å²) in [5.41, 5.74) is 1.27. The molecule has 8 atom stereocenters. The molecule has 2 aliphatic carbocycles. The van der Waals surface area contributed by atoms with E-state index >= 15 is 0 Å². The van der Waals surface area contributed by atoms with Gasteiger partial charge in [0.05, 0.1) is 18.4 Å². The molecular formula is C24H36O5. The van der Waals surface area contributed by atoms with Crippen LogP contribution in [0.4, 0.5) is 0 Å². The van der Waals surface area contributed by atoms with E-state index in [1.54, 1.807) is 0 Å². The van der Waals surface area contributed by atoms with Crippen LogP contribution in [0.15, 0.2) is 23.8 Å². The minimum absolute atomic E-state index is 0.0854. The van der Waals surface area contributed by atoms with Gasteiger partial charge in [-0.25, -0.2) is 0 Å². The minimum Gasteiger partial charge on any atom is -0.462 e. The molecule has 3 rings (SSSR count). The molecule has 5 heteroatoms. The lowest BCUT2D eigenvalue weighted by molar-refractivity contribution is -0.162. The predicted molar refractivity (Wildman–Crippen MR) is 111 cm³/mol. The van der Waals surface area contributed by atoms with Gasteiger partial charge in [0.25, 0.3) is 0 Å². The standard InChI is InChI=1S/C24H36O5/c1-5-15(3)24(27)29-21-11-14(2)10-17-7-6-16(4)20(23(17)21)9-8-19-12-18(25)13-22(26)28-19/h6-7,10,14-16,18-21,23,25H,5,8-9,11-13H2,1-4H3/t14-,15?,16-,18+,19+,20-,21-,23-/m0/s1. The highest BCUT2D eigenvalue weighted by Gasteiger charge is 2.42. The van der Waals surface area contributed by atoms with Crippen molar-refractivity contribution in [2.45, 2.75) is 84.5 Å². The molecule has 0 spiro atoms. The Morgan fingerprint density at radius 3 is 2.76 bits per heavy atom. The molecule has 1 saturated heterocycles. The van der Waals surface area contributed by atoms with E-state index in [2.05, 4.69) is 32.1 Å². The maximum Gasteiger partial charge on any atom is 0.308 e. The maximum atomic E-state index is 12.5. The van der Waals surface area contributed by atoms with Crippen molar-refractivity contribution >= 4 is 11.9 Å². The Balaban J connectivity index is 1.74. The highest BCUT2D eigenvalue weighted by atomic mass is 16.5. The van der Waals surface area contributed by atoms with Crippen molar-refractivity contribution in [3.63, 3.8) is 0 Å². The fourth-order valence-electron chi connectivity index (χ4n) is 5.07. The Bertz CT molecular complexity index is 666. The van der Waals surface area contributed by atoms with Crippen LogP contribution in [-0.2, 0) is 19.1 Å². The zero-order valence-corrected chi connectivity index (χ0v) is 18.2. The van der Waals surface area contributed by atoms with Crippen LogP contribution in [0.2, 0.25) is 0 Å². The lowest BCUT2D eigenvalue weighted by Gasteiger charge is -2.43. The first kappa shape index (κ1) is 22.1. The third-order valence-electron chi connectivity index (χ3n) is 6.93. The summed E-state index contributed by atoms with van der Waals surface area (Å²) >= 11 is 0. The molecule has 162 valence electrons.